The number of ether oxygens (including phenoxy) is 1. The molecule has 1 amide bonds. The van der Waals surface area contributed by atoms with E-state index in [4.69, 9.17) is 9.84 Å². The predicted octanol–water partition coefficient (Wildman–Crippen LogP) is 2.56. The van der Waals surface area contributed by atoms with Gasteiger partial charge in [-0.15, -0.1) is 0 Å². The topological polar surface area (TPSA) is 92.7 Å². The summed E-state index contributed by atoms with van der Waals surface area (Å²) in [4.78, 5) is 33.6. The summed E-state index contributed by atoms with van der Waals surface area (Å²) >= 11 is 0. The van der Waals surface area contributed by atoms with Crippen molar-refractivity contribution >= 4 is 23.5 Å². The van der Waals surface area contributed by atoms with Gasteiger partial charge in [-0.3, -0.25) is 9.59 Å². The maximum atomic E-state index is 12.0. The van der Waals surface area contributed by atoms with Gasteiger partial charge in [0.2, 0.25) is 0 Å². The van der Waals surface area contributed by atoms with Crippen LogP contribution in [0.1, 0.15) is 27.6 Å². The highest BCUT2D eigenvalue weighted by Gasteiger charge is 2.08. The fourth-order valence-corrected chi connectivity index (χ4v) is 1.74. The van der Waals surface area contributed by atoms with Crippen LogP contribution in [0.2, 0.25) is 0 Å². The Morgan fingerprint density at radius 3 is 1.95 bits per heavy atom. The number of carboxylic acid groups (broad SMARTS) is 1. The normalized spacial score (nSPS) is 9.86. The molecule has 0 aliphatic carbocycles. The van der Waals surface area contributed by atoms with Gasteiger partial charge in [0.15, 0.2) is 0 Å². The van der Waals surface area contributed by atoms with E-state index >= 15 is 0 Å². The first-order chi connectivity index (χ1) is 10.5. The molecule has 2 aromatic carbocycles. The quantitative estimate of drug-likeness (QED) is 0.668. The average molecular weight is 299 g/mol. The second-order valence-electron chi connectivity index (χ2n) is 4.45. The van der Waals surface area contributed by atoms with E-state index in [9.17, 15) is 14.4 Å². The molecule has 2 N–H and O–H groups in total. The van der Waals surface area contributed by atoms with Gasteiger partial charge in [0.25, 0.3) is 5.91 Å². The zero-order valence-corrected chi connectivity index (χ0v) is 11.7. The van der Waals surface area contributed by atoms with Gasteiger partial charge in [0.1, 0.15) is 5.75 Å². The Labute approximate surface area is 126 Å². The Kier molecular flexibility index (Phi) is 4.53. The van der Waals surface area contributed by atoms with Crippen molar-refractivity contribution < 1.29 is 24.2 Å². The Morgan fingerprint density at radius 1 is 0.909 bits per heavy atom. The van der Waals surface area contributed by atoms with Gasteiger partial charge in [-0.05, 0) is 48.5 Å². The molecule has 0 saturated carbocycles. The molecule has 0 bridgehead atoms. The zero-order chi connectivity index (χ0) is 16.1. The highest BCUT2D eigenvalue weighted by molar-refractivity contribution is 6.04. The summed E-state index contributed by atoms with van der Waals surface area (Å²) in [6.07, 6.45) is 0. The molecular weight excluding hydrogens is 286 g/mol. The summed E-state index contributed by atoms with van der Waals surface area (Å²) in [5, 5.41) is 11.4. The molecule has 22 heavy (non-hydrogen) atoms. The lowest BCUT2D eigenvalue weighted by Crippen LogP contribution is -2.12. The fraction of sp³-hybridized carbons (Fsp3) is 0.0625. The van der Waals surface area contributed by atoms with Crippen molar-refractivity contribution in [2.24, 2.45) is 0 Å². The first-order valence-corrected chi connectivity index (χ1v) is 6.39. The molecule has 112 valence electrons. The molecule has 0 aromatic heterocycles. The molecule has 0 unspecified atom stereocenters. The van der Waals surface area contributed by atoms with Crippen molar-refractivity contribution in [2.75, 3.05) is 5.32 Å². The molecule has 0 fully saturated rings. The summed E-state index contributed by atoms with van der Waals surface area (Å²) < 4.78 is 4.88. The van der Waals surface area contributed by atoms with E-state index in [0.29, 0.717) is 17.0 Å². The van der Waals surface area contributed by atoms with Gasteiger partial charge >= 0.3 is 11.9 Å². The van der Waals surface area contributed by atoms with E-state index < -0.39 is 11.9 Å². The maximum Gasteiger partial charge on any atom is 0.335 e. The molecule has 0 saturated heterocycles. The minimum Gasteiger partial charge on any atom is -0.478 e. The minimum atomic E-state index is -1.03. The summed E-state index contributed by atoms with van der Waals surface area (Å²) in [5.74, 6) is -1.46. The highest BCUT2D eigenvalue weighted by atomic mass is 16.5. The third-order valence-electron chi connectivity index (χ3n) is 2.77. The molecule has 6 heteroatoms. The number of carboxylic acids is 1. The van der Waals surface area contributed by atoms with Gasteiger partial charge in [-0.1, -0.05) is 0 Å². The van der Waals surface area contributed by atoms with Crippen LogP contribution in [0.15, 0.2) is 48.5 Å². The van der Waals surface area contributed by atoms with Crippen LogP contribution in [0.5, 0.6) is 5.75 Å². The minimum absolute atomic E-state index is 0.142. The van der Waals surface area contributed by atoms with Gasteiger partial charge in [-0.25, -0.2) is 4.79 Å². The summed E-state index contributed by atoms with van der Waals surface area (Å²) in [7, 11) is 0. The van der Waals surface area contributed by atoms with E-state index in [1.165, 1.54) is 55.5 Å². The number of hydrogen-bond acceptors (Lipinski definition) is 4. The molecule has 2 rings (SSSR count). The first-order valence-electron chi connectivity index (χ1n) is 6.39. The Bertz CT molecular complexity index is 704. The molecule has 0 atom stereocenters. The number of anilines is 1. The Hall–Kier alpha value is -3.15. The predicted molar refractivity (Wildman–Crippen MR) is 79.1 cm³/mol. The smallest absolute Gasteiger partial charge is 0.335 e. The number of esters is 1. The lowest BCUT2D eigenvalue weighted by Gasteiger charge is -2.06. The van der Waals surface area contributed by atoms with Gasteiger partial charge < -0.3 is 15.2 Å². The lowest BCUT2D eigenvalue weighted by atomic mass is 10.2. The SMILES string of the molecule is CC(=O)Oc1ccc(C(=O)Nc2ccc(C(=O)O)cc2)cc1. The third-order valence-corrected chi connectivity index (χ3v) is 2.77. The third kappa shape index (κ3) is 3.92. The molecule has 6 nitrogen and oxygen atoms in total. The van der Waals surface area contributed by atoms with E-state index in [0.717, 1.165) is 0 Å². The molecule has 2 aromatic rings. The molecule has 0 aliphatic rings. The Morgan fingerprint density at radius 2 is 1.45 bits per heavy atom. The standard InChI is InChI=1S/C16H13NO5/c1-10(18)22-14-8-4-11(5-9-14)15(19)17-13-6-2-12(3-7-13)16(20)21/h2-9H,1H3,(H,17,19)(H,20,21). The molecular formula is C16H13NO5. The molecule has 0 spiro atoms. The summed E-state index contributed by atoms with van der Waals surface area (Å²) in [5.41, 5.74) is 1.01. The number of benzene rings is 2. The lowest BCUT2D eigenvalue weighted by molar-refractivity contribution is -0.131. The van der Waals surface area contributed by atoms with Crippen molar-refractivity contribution in [1.29, 1.82) is 0 Å². The number of hydrogen-bond donors (Lipinski definition) is 2. The first kappa shape index (κ1) is 15.2. The van der Waals surface area contributed by atoms with Gasteiger partial charge in [-0.2, -0.15) is 0 Å². The Balaban J connectivity index is 2.05. The van der Waals surface area contributed by atoms with Crippen molar-refractivity contribution in [3.05, 3.63) is 59.7 Å². The summed E-state index contributed by atoms with van der Waals surface area (Å²) in [6, 6.07) is 11.9. The number of carbonyl (C=O) groups excluding carboxylic acids is 2. The van der Waals surface area contributed by atoms with Gasteiger partial charge in [0.05, 0.1) is 5.56 Å². The number of rotatable bonds is 4. The van der Waals surface area contributed by atoms with Crippen molar-refractivity contribution in [1.82, 2.24) is 0 Å². The number of carbonyl (C=O) groups is 3. The number of nitrogens with one attached hydrogen (secondary N) is 1. The number of aromatic carboxylic acids is 1. The molecule has 0 heterocycles. The van der Waals surface area contributed by atoms with Crippen LogP contribution in [0, 0.1) is 0 Å². The van der Waals surface area contributed by atoms with E-state index in [2.05, 4.69) is 5.32 Å². The van der Waals surface area contributed by atoms with Crippen LogP contribution in [-0.4, -0.2) is 23.0 Å². The van der Waals surface area contributed by atoms with Crippen molar-refractivity contribution in [2.45, 2.75) is 6.92 Å². The summed E-state index contributed by atoms with van der Waals surface area (Å²) in [6.45, 7) is 1.29. The van der Waals surface area contributed by atoms with Crippen LogP contribution < -0.4 is 10.1 Å². The van der Waals surface area contributed by atoms with Gasteiger partial charge in [0, 0.05) is 18.2 Å². The largest absolute Gasteiger partial charge is 0.478 e. The molecule has 0 radical (unpaired) electrons. The van der Waals surface area contributed by atoms with Crippen LogP contribution in [0.25, 0.3) is 0 Å². The van der Waals surface area contributed by atoms with Crippen LogP contribution in [-0.2, 0) is 4.79 Å². The van der Waals surface area contributed by atoms with Crippen molar-refractivity contribution in [3.63, 3.8) is 0 Å². The molecule has 0 aliphatic heterocycles. The van der Waals surface area contributed by atoms with Crippen LogP contribution in [0.4, 0.5) is 5.69 Å². The van der Waals surface area contributed by atoms with E-state index in [-0.39, 0.29) is 11.5 Å². The monoisotopic (exact) mass is 299 g/mol. The average Bonchev–Trinajstić information content (AvgIpc) is 2.48. The van der Waals surface area contributed by atoms with E-state index in [1.807, 2.05) is 0 Å². The fourth-order valence-electron chi connectivity index (χ4n) is 1.74. The highest BCUT2D eigenvalue weighted by Crippen LogP contribution is 2.15. The number of amides is 1. The zero-order valence-electron chi connectivity index (χ0n) is 11.7. The second-order valence-corrected chi connectivity index (χ2v) is 4.45. The van der Waals surface area contributed by atoms with Crippen LogP contribution >= 0.6 is 0 Å². The second kappa shape index (κ2) is 6.53. The van der Waals surface area contributed by atoms with Crippen molar-refractivity contribution in [3.8, 4) is 5.75 Å². The van der Waals surface area contributed by atoms with E-state index in [1.54, 1.807) is 0 Å². The maximum absolute atomic E-state index is 12.0. The van der Waals surface area contributed by atoms with Crippen LogP contribution in [0.3, 0.4) is 0 Å².